The van der Waals surface area contributed by atoms with E-state index in [9.17, 15) is 8.42 Å². The third kappa shape index (κ3) is 3.65. The molecular formula is C20H22N4O2S. The molecule has 140 valence electrons. The van der Waals surface area contributed by atoms with Crippen LogP contribution in [0.15, 0.2) is 53.4 Å². The van der Waals surface area contributed by atoms with Crippen molar-refractivity contribution in [1.82, 2.24) is 14.7 Å². The Morgan fingerprint density at radius 3 is 2.48 bits per heavy atom. The molecule has 2 aromatic carbocycles. The van der Waals surface area contributed by atoms with Gasteiger partial charge in [0.1, 0.15) is 11.6 Å². The maximum atomic E-state index is 12.7. The highest BCUT2D eigenvalue weighted by Crippen LogP contribution is 2.26. The lowest BCUT2D eigenvalue weighted by Gasteiger charge is -2.19. The molecule has 1 fully saturated rings. The average molecular weight is 382 g/mol. The molecule has 0 aliphatic carbocycles. The quantitative estimate of drug-likeness (QED) is 0.734. The second kappa shape index (κ2) is 7.25. The molecule has 1 aliphatic rings. The van der Waals surface area contributed by atoms with Gasteiger partial charge in [-0.3, -0.25) is 0 Å². The smallest absolute Gasteiger partial charge is 0.241 e. The third-order valence-electron chi connectivity index (χ3n) is 4.84. The van der Waals surface area contributed by atoms with Gasteiger partial charge in [-0.15, -0.1) is 0 Å². The van der Waals surface area contributed by atoms with E-state index in [1.807, 2.05) is 30.3 Å². The molecule has 0 amide bonds. The van der Waals surface area contributed by atoms with Crippen LogP contribution in [0.1, 0.15) is 24.2 Å². The van der Waals surface area contributed by atoms with E-state index in [1.54, 1.807) is 25.1 Å². The first-order valence-electron chi connectivity index (χ1n) is 9.10. The molecule has 2 heterocycles. The van der Waals surface area contributed by atoms with Gasteiger partial charge in [0.2, 0.25) is 10.0 Å². The van der Waals surface area contributed by atoms with Crippen molar-refractivity contribution in [1.29, 1.82) is 0 Å². The summed E-state index contributed by atoms with van der Waals surface area (Å²) in [6.07, 6.45) is 2.29. The van der Waals surface area contributed by atoms with E-state index in [1.165, 1.54) is 0 Å². The fraction of sp³-hybridized carbons (Fsp3) is 0.300. The number of fused-ring (bicyclic) bond motifs is 1. The van der Waals surface area contributed by atoms with Crippen molar-refractivity contribution in [3.05, 3.63) is 59.9 Å². The van der Waals surface area contributed by atoms with E-state index in [2.05, 4.69) is 19.6 Å². The zero-order chi connectivity index (χ0) is 18.9. The normalized spacial score (nSPS) is 14.8. The first-order chi connectivity index (χ1) is 13.0. The molecule has 1 aliphatic heterocycles. The van der Waals surface area contributed by atoms with Crippen LogP contribution < -0.4 is 9.62 Å². The monoisotopic (exact) mass is 382 g/mol. The Morgan fingerprint density at radius 2 is 1.70 bits per heavy atom. The molecule has 4 rings (SSSR count). The maximum absolute atomic E-state index is 12.7. The third-order valence-corrected chi connectivity index (χ3v) is 6.40. The van der Waals surface area contributed by atoms with Crippen LogP contribution in [0.2, 0.25) is 0 Å². The molecule has 1 N–H and O–H groups in total. The molecule has 1 saturated heterocycles. The Kier molecular flexibility index (Phi) is 4.80. The van der Waals surface area contributed by atoms with E-state index in [4.69, 9.17) is 0 Å². The molecule has 6 nitrogen and oxygen atoms in total. The minimum atomic E-state index is -3.62. The summed E-state index contributed by atoms with van der Waals surface area (Å²) in [6.45, 7) is 3.78. The van der Waals surface area contributed by atoms with Crippen LogP contribution in [-0.2, 0) is 16.6 Å². The van der Waals surface area contributed by atoms with E-state index in [0.717, 1.165) is 42.7 Å². The number of nitrogens with one attached hydrogen (secondary N) is 1. The Morgan fingerprint density at radius 1 is 1.00 bits per heavy atom. The second-order valence-corrected chi connectivity index (χ2v) is 8.50. The lowest BCUT2D eigenvalue weighted by atomic mass is 10.2. The zero-order valence-corrected chi connectivity index (χ0v) is 16.0. The van der Waals surface area contributed by atoms with Crippen LogP contribution in [0.25, 0.3) is 10.9 Å². The van der Waals surface area contributed by atoms with Crippen LogP contribution in [0.4, 0.5) is 5.82 Å². The highest BCUT2D eigenvalue weighted by Gasteiger charge is 2.20. The van der Waals surface area contributed by atoms with Gasteiger partial charge in [0.15, 0.2) is 0 Å². The number of hydrogen-bond acceptors (Lipinski definition) is 5. The van der Waals surface area contributed by atoms with E-state index < -0.39 is 10.0 Å². The van der Waals surface area contributed by atoms with E-state index in [-0.39, 0.29) is 11.4 Å². The van der Waals surface area contributed by atoms with Crippen LogP contribution >= 0.6 is 0 Å². The van der Waals surface area contributed by atoms with E-state index in [0.29, 0.717) is 11.4 Å². The molecule has 7 heteroatoms. The Hall–Kier alpha value is -2.51. The van der Waals surface area contributed by atoms with Gasteiger partial charge in [0.05, 0.1) is 17.0 Å². The van der Waals surface area contributed by atoms with Crippen molar-refractivity contribution in [3.63, 3.8) is 0 Å². The molecular weight excluding hydrogens is 360 g/mol. The first-order valence-corrected chi connectivity index (χ1v) is 10.6. The van der Waals surface area contributed by atoms with Gasteiger partial charge in [-0.05, 0) is 43.5 Å². The predicted octanol–water partition coefficient (Wildman–Crippen LogP) is 3.02. The van der Waals surface area contributed by atoms with Gasteiger partial charge in [-0.2, -0.15) is 0 Å². The summed E-state index contributed by atoms with van der Waals surface area (Å²) in [7, 11) is -3.62. The maximum Gasteiger partial charge on any atom is 0.241 e. The highest BCUT2D eigenvalue weighted by atomic mass is 32.2. The van der Waals surface area contributed by atoms with Crippen molar-refractivity contribution < 1.29 is 8.42 Å². The van der Waals surface area contributed by atoms with Crippen LogP contribution in [-0.4, -0.2) is 31.5 Å². The summed E-state index contributed by atoms with van der Waals surface area (Å²) in [5, 5.41) is 1.00. The lowest BCUT2D eigenvalue weighted by Crippen LogP contribution is -2.26. The number of aromatic nitrogens is 2. The number of benzene rings is 2. The predicted molar refractivity (Wildman–Crippen MR) is 106 cm³/mol. The molecule has 1 aromatic heterocycles. The molecule has 0 spiro atoms. The van der Waals surface area contributed by atoms with E-state index >= 15 is 0 Å². The minimum Gasteiger partial charge on any atom is -0.356 e. The number of hydrogen-bond donors (Lipinski definition) is 1. The van der Waals surface area contributed by atoms with Gasteiger partial charge < -0.3 is 4.90 Å². The summed E-state index contributed by atoms with van der Waals surface area (Å²) in [4.78, 5) is 11.8. The topological polar surface area (TPSA) is 75.2 Å². The molecule has 0 atom stereocenters. The Labute approximate surface area is 159 Å². The number of para-hydroxylation sites is 1. The fourth-order valence-electron chi connectivity index (χ4n) is 3.45. The highest BCUT2D eigenvalue weighted by molar-refractivity contribution is 7.89. The number of rotatable bonds is 5. The zero-order valence-electron chi connectivity index (χ0n) is 15.2. The van der Waals surface area contributed by atoms with Crippen LogP contribution in [0, 0.1) is 6.92 Å². The second-order valence-electron chi connectivity index (χ2n) is 6.76. The van der Waals surface area contributed by atoms with Crippen molar-refractivity contribution in [2.24, 2.45) is 0 Å². The Balaban J connectivity index is 1.65. The molecule has 0 unspecified atom stereocenters. The van der Waals surface area contributed by atoms with Crippen molar-refractivity contribution in [2.45, 2.75) is 31.2 Å². The SMILES string of the molecule is Cc1ccccc1S(=O)(=O)NCc1nc(N2CCCC2)c2ccccc2n1. The summed E-state index contributed by atoms with van der Waals surface area (Å²) < 4.78 is 28.0. The lowest BCUT2D eigenvalue weighted by molar-refractivity contribution is 0.578. The average Bonchev–Trinajstić information content (AvgIpc) is 3.20. The number of aryl methyl sites for hydroxylation is 1. The molecule has 3 aromatic rings. The largest absolute Gasteiger partial charge is 0.356 e. The van der Waals surface area contributed by atoms with Crippen molar-refractivity contribution in [3.8, 4) is 0 Å². The van der Waals surface area contributed by atoms with Gasteiger partial charge in [-0.25, -0.2) is 23.1 Å². The summed E-state index contributed by atoms with van der Waals surface area (Å²) in [6, 6.07) is 14.8. The standard InChI is InChI=1S/C20H22N4O2S/c1-15-8-2-5-11-18(15)27(25,26)21-14-19-22-17-10-4-3-9-16(17)20(23-19)24-12-6-7-13-24/h2-5,8-11,21H,6-7,12-14H2,1H3. The molecule has 0 bridgehead atoms. The van der Waals surface area contributed by atoms with Crippen molar-refractivity contribution >= 4 is 26.7 Å². The minimum absolute atomic E-state index is 0.0579. The summed E-state index contributed by atoms with van der Waals surface area (Å²) in [5.74, 6) is 1.37. The molecule has 27 heavy (non-hydrogen) atoms. The first kappa shape index (κ1) is 17.9. The van der Waals surface area contributed by atoms with Crippen LogP contribution in [0.5, 0.6) is 0 Å². The molecule has 0 radical (unpaired) electrons. The van der Waals surface area contributed by atoms with Crippen LogP contribution in [0.3, 0.4) is 0 Å². The summed E-state index contributed by atoms with van der Waals surface area (Å²) >= 11 is 0. The number of anilines is 1. The van der Waals surface area contributed by atoms with Crippen molar-refractivity contribution in [2.75, 3.05) is 18.0 Å². The number of nitrogens with zero attached hydrogens (tertiary/aromatic N) is 3. The molecule has 0 saturated carbocycles. The number of sulfonamides is 1. The summed E-state index contributed by atoms with van der Waals surface area (Å²) in [5.41, 5.74) is 1.54. The van der Waals surface area contributed by atoms with Gasteiger partial charge in [-0.1, -0.05) is 30.3 Å². The van der Waals surface area contributed by atoms with Gasteiger partial charge in [0.25, 0.3) is 0 Å². The van der Waals surface area contributed by atoms with Gasteiger partial charge >= 0.3 is 0 Å². The van der Waals surface area contributed by atoms with Gasteiger partial charge in [0, 0.05) is 18.5 Å². The fourth-order valence-corrected chi connectivity index (χ4v) is 4.68. The Bertz CT molecular complexity index is 1080.